The van der Waals surface area contributed by atoms with Gasteiger partial charge in [0.25, 0.3) is 0 Å². The minimum atomic E-state index is -3.68. The average Bonchev–Trinajstić information content (AvgIpc) is 2.31. The molecule has 1 aromatic rings. The highest BCUT2D eigenvalue weighted by Gasteiger charge is 2.38. The number of hydrogen-bond donors (Lipinski definition) is 1. The van der Waals surface area contributed by atoms with Crippen LogP contribution in [0.15, 0.2) is 12.1 Å². The third-order valence-electron chi connectivity index (χ3n) is 3.09. The molecule has 0 radical (unpaired) electrons. The summed E-state index contributed by atoms with van der Waals surface area (Å²) in [6, 6.07) is 3.40. The number of aryl methyl sites for hydroxylation is 1. The number of methoxy groups -OCH3 is 1. The highest BCUT2D eigenvalue weighted by molar-refractivity contribution is 5.75. The molecule has 1 aromatic carbocycles. The molecule has 0 atom stereocenters. The Morgan fingerprint density at radius 2 is 1.94 bits per heavy atom. The van der Waals surface area contributed by atoms with Crippen LogP contribution >= 0.6 is 0 Å². The Hall–Kier alpha value is -1.65. The molecule has 1 rings (SSSR count). The number of ether oxygens (including phenoxy) is 1. The van der Waals surface area contributed by atoms with Crippen LogP contribution in [0, 0.1) is 13.8 Å². The third kappa shape index (κ3) is 2.97. The second-order valence-electron chi connectivity index (χ2n) is 4.19. The van der Waals surface area contributed by atoms with E-state index in [1.807, 2.05) is 13.8 Å². The van der Waals surface area contributed by atoms with Gasteiger partial charge in [-0.2, -0.15) is 8.78 Å². The van der Waals surface area contributed by atoms with Crippen LogP contribution in [0.2, 0.25) is 0 Å². The molecular formula is C13H16F2O3. The summed E-state index contributed by atoms with van der Waals surface area (Å²) in [6.07, 6.45) is -0.676. The van der Waals surface area contributed by atoms with E-state index < -0.39 is 18.3 Å². The largest absolute Gasteiger partial charge is 0.496 e. The van der Waals surface area contributed by atoms with E-state index in [2.05, 4.69) is 0 Å². The fourth-order valence-corrected chi connectivity index (χ4v) is 1.74. The van der Waals surface area contributed by atoms with Crippen molar-refractivity contribution in [2.45, 2.75) is 32.6 Å². The van der Waals surface area contributed by atoms with Crippen LogP contribution in [0.3, 0.4) is 0 Å². The summed E-state index contributed by atoms with van der Waals surface area (Å²) in [5.74, 6) is -5.06. The van der Waals surface area contributed by atoms with Gasteiger partial charge in [-0.1, -0.05) is 6.07 Å². The highest BCUT2D eigenvalue weighted by Crippen LogP contribution is 2.27. The molecule has 0 aliphatic rings. The Bertz CT molecular complexity index is 456. The van der Waals surface area contributed by atoms with E-state index in [0.29, 0.717) is 11.3 Å². The van der Waals surface area contributed by atoms with Crippen molar-refractivity contribution < 1.29 is 23.4 Å². The van der Waals surface area contributed by atoms with Gasteiger partial charge in [-0.25, -0.2) is 4.79 Å². The zero-order chi connectivity index (χ0) is 13.9. The number of benzene rings is 1. The van der Waals surface area contributed by atoms with Crippen LogP contribution in [0.25, 0.3) is 0 Å². The van der Waals surface area contributed by atoms with Crippen molar-refractivity contribution in [3.63, 3.8) is 0 Å². The van der Waals surface area contributed by atoms with Gasteiger partial charge in [0.15, 0.2) is 0 Å². The second kappa shape index (κ2) is 5.33. The van der Waals surface area contributed by atoms with Gasteiger partial charge in [0.05, 0.1) is 7.11 Å². The summed E-state index contributed by atoms with van der Waals surface area (Å²) in [4.78, 5) is 10.3. The van der Waals surface area contributed by atoms with Crippen LogP contribution in [0.1, 0.15) is 23.1 Å². The normalized spacial score (nSPS) is 11.4. The number of carboxylic acid groups (broad SMARTS) is 1. The van der Waals surface area contributed by atoms with E-state index in [1.54, 1.807) is 19.2 Å². The lowest BCUT2D eigenvalue weighted by Crippen LogP contribution is -2.28. The molecule has 0 fully saturated rings. The number of carboxylic acids is 1. The molecule has 0 saturated carbocycles. The Morgan fingerprint density at radius 1 is 1.33 bits per heavy atom. The Balaban J connectivity index is 2.87. The summed E-state index contributed by atoms with van der Waals surface area (Å²) in [6.45, 7) is 3.65. The van der Waals surface area contributed by atoms with Gasteiger partial charge in [0, 0.05) is 6.42 Å². The molecule has 0 aliphatic carbocycles. The monoisotopic (exact) mass is 258 g/mol. The van der Waals surface area contributed by atoms with Gasteiger partial charge in [0.2, 0.25) is 0 Å². The van der Waals surface area contributed by atoms with Crippen molar-refractivity contribution in [2.75, 3.05) is 7.11 Å². The Labute approximate surface area is 104 Å². The standard InChI is InChI=1S/C13H16F2O3/c1-8-9(2)11(18-3)5-4-10(8)6-7-13(14,15)12(16)17/h4-5H,6-7H2,1-3H3,(H,16,17). The minimum absolute atomic E-state index is 0.0238. The number of rotatable bonds is 5. The number of aliphatic carboxylic acids is 1. The van der Waals surface area contributed by atoms with Crippen molar-refractivity contribution in [3.8, 4) is 5.75 Å². The predicted molar refractivity (Wildman–Crippen MR) is 63.4 cm³/mol. The smallest absolute Gasteiger partial charge is 0.374 e. The molecule has 0 bridgehead atoms. The molecule has 18 heavy (non-hydrogen) atoms. The van der Waals surface area contributed by atoms with Gasteiger partial charge >= 0.3 is 11.9 Å². The van der Waals surface area contributed by atoms with Crippen LogP contribution in [-0.2, 0) is 11.2 Å². The maximum absolute atomic E-state index is 13.0. The quantitative estimate of drug-likeness (QED) is 0.883. The fraction of sp³-hybridized carbons (Fsp3) is 0.462. The maximum atomic E-state index is 13.0. The first kappa shape index (κ1) is 14.4. The lowest BCUT2D eigenvalue weighted by molar-refractivity contribution is -0.165. The first-order valence-electron chi connectivity index (χ1n) is 5.54. The topological polar surface area (TPSA) is 46.5 Å². The molecule has 100 valence electrons. The van der Waals surface area contributed by atoms with Gasteiger partial charge in [0.1, 0.15) is 5.75 Å². The summed E-state index contributed by atoms with van der Waals surface area (Å²) in [7, 11) is 1.54. The SMILES string of the molecule is COc1ccc(CCC(F)(F)C(=O)O)c(C)c1C. The van der Waals surface area contributed by atoms with E-state index in [4.69, 9.17) is 9.84 Å². The Morgan fingerprint density at radius 3 is 2.44 bits per heavy atom. The van der Waals surface area contributed by atoms with Gasteiger partial charge in [-0.3, -0.25) is 0 Å². The lowest BCUT2D eigenvalue weighted by Gasteiger charge is -2.15. The van der Waals surface area contributed by atoms with Crippen molar-refractivity contribution in [3.05, 3.63) is 28.8 Å². The van der Waals surface area contributed by atoms with Crippen LogP contribution < -0.4 is 4.74 Å². The number of alkyl halides is 2. The molecule has 0 heterocycles. The first-order chi connectivity index (χ1) is 8.29. The second-order valence-corrected chi connectivity index (χ2v) is 4.19. The number of halogens is 2. The highest BCUT2D eigenvalue weighted by atomic mass is 19.3. The summed E-state index contributed by atoms with van der Waals surface area (Å²) >= 11 is 0. The molecule has 0 unspecified atom stereocenters. The number of carbonyl (C=O) groups is 1. The summed E-state index contributed by atoms with van der Waals surface area (Å²) in [5, 5.41) is 8.36. The molecule has 0 amide bonds. The van der Waals surface area contributed by atoms with Crippen molar-refractivity contribution >= 4 is 5.97 Å². The molecule has 0 saturated heterocycles. The van der Waals surface area contributed by atoms with Crippen LogP contribution in [-0.4, -0.2) is 24.1 Å². The zero-order valence-corrected chi connectivity index (χ0v) is 10.6. The average molecular weight is 258 g/mol. The predicted octanol–water partition coefficient (Wildman–Crippen LogP) is 2.96. The van der Waals surface area contributed by atoms with E-state index >= 15 is 0 Å². The maximum Gasteiger partial charge on any atom is 0.374 e. The lowest BCUT2D eigenvalue weighted by atomic mass is 9.97. The van der Waals surface area contributed by atoms with E-state index in [1.165, 1.54) is 0 Å². The van der Waals surface area contributed by atoms with Crippen LogP contribution in [0.5, 0.6) is 5.75 Å². The van der Waals surface area contributed by atoms with E-state index in [0.717, 1.165) is 11.1 Å². The molecule has 3 nitrogen and oxygen atoms in total. The Kier molecular flexibility index (Phi) is 4.27. The minimum Gasteiger partial charge on any atom is -0.496 e. The zero-order valence-electron chi connectivity index (χ0n) is 10.6. The van der Waals surface area contributed by atoms with Crippen molar-refractivity contribution in [1.29, 1.82) is 0 Å². The van der Waals surface area contributed by atoms with E-state index in [-0.39, 0.29) is 6.42 Å². The molecule has 1 N–H and O–H groups in total. The fourth-order valence-electron chi connectivity index (χ4n) is 1.74. The summed E-state index contributed by atoms with van der Waals surface area (Å²) in [5.41, 5.74) is 2.46. The third-order valence-corrected chi connectivity index (χ3v) is 3.09. The van der Waals surface area contributed by atoms with Crippen molar-refractivity contribution in [1.82, 2.24) is 0 Å². The molecule has 0 aliphatic heterocycles. The number of hydrogen-bond acceptors (Lipinski definition) is 2. The van der Waals surface area contributed by atoms with Gasteiger partial charge in [-0.15, -0.1) is 0 Å². The summed E-state index contributed by atoms with van der Waals surface area (Å²) < 4.78 is 31.1. The van der Waals surface area contributed by atoms with Gasteiger partial charge < -0.3 is 9.84 Å². The van der Waals surface area contributed by atoms with Crippen LogP contribution in [0.4, 0.5) is 8.78 Å². The van der Waals surface area contributed by atoms with E-state index in [9.17, 15) is 13.6 Å². The van der Waals surface area contributed by atoms with Gasteiger partial charge in [-0.05, 0) is 43.0 Å². The molecular weight excluding hydrogens is 242 g/mol. The molecule has 5 heteroatoms. The molecule has 0 spiro atoms. The first-order valence-corrected chi connectivity index (χ1v) is 5.54. The van der Waals surface area contributed by atoms with Crippen molar-refractivity contribution in [2.24, 2.45) is 0 Å². The molecule has 0 aromatic heterocycles.